The van der Waals surface area contributed by atoms with Gasteiger partial charge < -0.3 is 14.9 Å². The van der Waals surface area contributed by atoms with Crippen molar-refractivity contribution in [3.63, 3.8) is 0 Å². The number of carboxylic acid groups (broad SMARTS) is 2. The number of hydrogen-bond acceptors (Lipinski definition) is 3. The van der Waals surface area contributed by atoms with Crippen LogP contribution in [-0.4, -0.2) is 35.4 Å². The molecule has 124 valence electrons. The minimum atomic E-state index is -0.774. The summed E-state index contributed by atoms with van der Waals surface area (Å²) in [5.74, 6) is -1.52. The molecule has 0 aliphatic carbocycles. The highest BCUT2D eigenvalue weighted by Crippen LogP contribution is 2.24. The van der Waals surface area contributed by atoms with Crippen LogP contribution in [0.15, 0.2) is 0 Å². The zero-order valence-electron chi connectivity index (χ0n) is 13.8. The van der Waals surface area contributed by atoms with Gasteiger partial charge in [0.15, 0.2) is 0 Å². The summed E-state index contributed by atoms with van der Waals surface area (Å²) < 4.78 is 5.48. The van der Waals surface area contributed by atoms with Crippen LogP contribution in [0.5, 0.6) is 0 Å². The summed E-state index contributed by atoms with van der Waals surface area (Å²) in [4.78, 5) is 21.8. The Kier molecular flexibility index (Phi) is 8.55. The highest BCUT2D eigenvalue weighted by molar-refractivity contribution is 5.73. The fraction of sp³-hybridized carbons (Fsp3) is 0.875. The second-order valence-corrected chi connectivity index (χ2v) is 6.90. The number of hydrogen-bond donors (Lipinski definition) is 2. The van der Waals surface area contributed by atoms with E-state index in [1.165, 1.54) is 0 Å². The first-order valence-electron chi connectivity index (χ1n) is 7.64. The summed E-state index contributed by atoms with van der Waals surface area (Å²) in [5.41, 5.74) is -1.34. The lowest BCUT2D eigenvalue weighted by Gasteiger charge is -2.19. The van der Waals surface area contributed by atoms with Gasteiger partial charge in [0.2, 0.25) is 0 Å². The zero-order chi connectivity index (χ0) is 16.5. The normalized spacial score (nSPS) is 12.4. The van der Waals surface area contributed by atoms with Crippen molar-refractivity contribution < 1.29 is 24.5 Å². The Hall–Kier alpha value is -1.10. The van der Waals surface area contributed by atoms with Crippen molar-refractivity contribution in [3.05, 3.63) is 0 Å². The van der Waals surface area contributed by atoms with E-state index in [0.29, 0.717) is 26.1 Å². The molecule has 0 aliphatic rings. The molecule has 21 heavy (non-hydrogen) atoms. The third-order valence-corrected chi connectivity index (χ3v) is 3.84. The van der Waals surface area contributed by atoms with E-state index in [9.17, 15) is 9.59 Å². The molecule has 0 fully saturated rings. The van der Waals surface area contributed by atoms with Gasteiger partial charge in [-0.05, 0) is 53.4 Å². The maximum Gasteiger partial charge on any atom is 0.309 e. The highest BCUT2D eigenvalue weighted by atomic mass is 16.5. The molecular formula is C16H30O5. The van der Waals surface area contributed by atoms with Gasteiger partial charge in [-0.25, -0.2) is 0 Å². The van der Waals surface area contributed by atoms with Crippen molar-refractivity contribution >= 4 is 11.9 Å². The molecule has 0 aliphatic heterocycles. The second kappa shape index (κ2) is 9.03. The quantitative estimate of drug-likeness (QED) is 0.538. The minimum Gasteiger partial charge on any atom is -0.481 e. The number of carboxylic acids is 2. The van der Waals surface area contributed by atoms with Gasteiger partial charge >= 0.3 is 11.9 Å². The van der Waals surface area contributed by atoms with Crippen LogP contribution in [-0.2, 0) is 14.3 Å². The van der Waals surface area contributed by atoms with E-state index in [4.69, 9.17) is 14.9 Å². The Bertz CT molecular complexity index is 302. The average Bonchev–Trinajstić information content (AvgIpc) is 2.36. The summed E-state index contributed by atoms with van der Waals surface area (Å²) in [7, 11) is 0. The van der Waals surface area contributed by atoms with E-state index in [2.05, 4.69) is 0 Å². The first-order valence-corrected chi connectivity index (χ1v) is 7.64. The molecule has 0 bridgehead atoms. The summed E-state index contributed by atoms with van der Waals surface area (Å²) in [6.07, 6.45) is 4.78. The Labute approximate surface area is 127 Å². The van der Waals surface area contributed by atoms with E-state index in [1.807, 2.05) is 0 Å². The predicted molar refractivity (Wildman–Crippen MR) is 81.4 cm³/mol. The van der Waals surface area contributed by atoms with Crippen LogP contribution in [0.3, 0.4) is 0 Å². The number of rotatable bonds is 12. The third kappa shape index (κ3) is 8.71. The highest BCUT2D eigenvalue weighted by Gasteiger charge is 2.26. The van der Waals surface area contributed by atoms with Crippen molar-refractivity contribution in [3.8, 4) is 0 Å². The number of aliphatic carboxylic acids is 2. The molecule has 0 spiro atoms. The Morgan fingerprint density at radius 2 is 1.19 bits per heavy atom. The van der Waals surface area contributed by atoms with Crippen molar-refractivity contribution in [1.29, 1.82) is 0 Å². The molecule has 0 saturated heterocycles. The van der Waals surface area contributed by atoms with Crippen LogP contribution < -0.4 is 0 Å². The molecule has 0 aromatic rings. The monoisotopic (exact) mass is 302 g/mol. The van der Waals surface area contributed by atoms with Gasteiger partial charge in [-0.3, -0.25) is 9.59 Å². The standard InChI is InChI=1S/C16H30O5/c1-15(2,13(17)18)9-6-5-7-11-21-12-8-10-16(3,4)14(19)20/h5-12H2,1-4H3,(H,17,18)(H,19,20). The number of ether oxygens (including phenoxy) is 1. The van der Waals surface area contributed by atoms with Crippen LogP contribution in [0, 0.1) is 10.8 Å². The van der Waals surface area contributed by atoms with Crippen LogP contribution in [0.4, 0.5) is 0 Å². The van der Waals surface area contributed by atoms with Crippen LogP contribution in [0.25, 0.3) is 0 Å². The van der Waals surface area contributed by atoms with Gasteiger partial charge in [0, 0.05) is 13.2 Å². The van der Waals surface area contributed by atoms with Gasteiger partial charge in [-0.1, -0.05) is 12.8 Å². The number of unbranched alkanes of at least 4 members (excludes halogenated alkanes) is 2. The molecule has 5 nitrogen and oxygen atoms in total. The van der Waals surface area contributed by atoms with Crippen LogP contribution in [0.2, 0.25) is 0 Å². The molecule has 0 radical (unpaired) electrons. The predicted octanol–water partition coefficient (Wildman–Crippen LogP) is 3.57. The van der Waals surface area contributed by atoms with Gasteiger partial charge in [0.05, 0.1) is 10.8 Å². The third-order valence-electron chi connectivity index (χ3n) is 3.84. The summed E-state index contributed by atoms with van der Waals surface area (Å²) in [6, 6.07) is 0. The Morgan fingerprint density at radius 1 is 0.762 bits per heavy atom. The topological polar surface area (TPSA) is 83.8 Å². The lowest BCUT2D eigenvalue weighted by atomic mass is 9.87. The van der Waals surface area contributed by atoms with Crippen molar-refractivity contribution in [1.82, 2.24) is 0 Å². The lowest BCUT2D eigenvalue weighted by Crippen LogP contribution is -2.24. The molecule has 5 heteroatoms. The first kappa shape index (κ1) is 19.9. The second-order valence-electron chi connectivity index (χ2n) is 6.90. The lowest BCUT2D eigenvalue weighted by molar-refractivity contribution is -0.148. The maximum atomic E-state index is 10.9. The summed E-state index contributed by atoms with van der Waals surface area (Å²) >= 11 is 0. The van der Waals surface area contributed by atoms with Gasteiger partial charge in [0.25, 0.3) is 0 Å². The summed E-state index contributed by atoms with van der Waals surface area (Å²) in [6.45, 7) is 8.17. The average molecular weight is 302 g/mol. The van der Waals surface area contributed by atoms with Crippen LogP contribution >= 0.6 is 0 Å². The van der Waals surface area contributed by atoms with Crippen molar-refractivity contribution in [2.75, 3.05) is 13.2 Å². The van der Waals surface area contributed by atoms with Crippen LogP contribution in [0.1, 0.15) is 66.2 Å². The molecule has 0 heterocycles. The fourth-order valence-electron chi connectivity index (χ4n) is 1.88. The van der Waals surface area contributed by atoms with E-state index in [1.54, 1.807) is 27.7 Å². The van der Waals surface area contributed by atoms with Gasteiger partial charge in [-0.15, -0.1) is 0 Å². The number of carbonyl (C=O) groups is 2. The van der Waals surface area contributed by atoms with Gasteiger partial charge in [0.1, 0.15) is 0 Å². The van der Waals surface area contributed by atoms with Crippen molar-refractivity contribution in [2.45, 2.75) is 66.2 Å². The first-order chi connectivity index (χ1) is 9.59. The Morgan fingerprint density at radius 3 is 1.67 bits per heavy atom. The minimum absolute atomic E-state index is 0.581. The smallest absolute Gasteiger partial charge is 0.309 e. The molecule has 0 aromatic heterocycles. The molecule has 2 N–H and O–H groups in total. The Balaban J connectivity index is 3.50. The van der Waals surface area contributed by atoms with E-state index in [-0.39, 0.29) is 0 Å². The zero-order valence-corrected chi connectivity index (χ0v) is 13.8. The largest absolute Gasteiger partial charge is 0.481 e. The molecule has 0 unspecified atom stereocenters. The van der Waals surface area contributed by atoms with E-state index in [0.717, 1.165) is 25.7 Å². The fourth-order valence-corrected chi connectivity index (χ4v) is 1.88. The van der Waals surface area contributed by atoms with Crippen molar-refractivity contribution in [2.24, 2.45) is 10.8 Å². The maximum absolute atomic E-state index is 10.9. The molecule has 0 saturated carbocycles. The van der Waals surface area contributed by atoms with E-state index < -0.39 is 22.8 Å². The summed E-state index contributed by atoms with van der Waals surface area (Å²) in [5, 5.41) is 17.9. The molecule has 0 amide bonds. The molecular weight excluding hydrogens is 272 g/mol. The van der Waals surface area contributed by atoms with E-state index >= 15 is 0 Å². The SMILES string of the molecule is CC(C)(CCCCCOCCCC(C)(C)C(=O)O)C(=O)O. The molecule has 0 aromatic carbocycles. The van der Waals surface area contributed by atoms with Gasteiger partial charge in [-0.2, -0.15) is 0 Å². The molecule has 0 atom stereocenters. The molecule has 0 rings (SSSR count).